The van der Waals surface area contributed by atoms with E-state index in [1.807, 2.05) is 66.4 Å². The molecule has 2 aromatic rings. The zero-order valence-electron chi connectivity index (χ0n) is 14.4. The molecular formula is C21H22N2O2. The summed E-state index contributed by atoms with van der Waals surface area (Å²) in [5.74, 6) is -0.0900. The lowest BCUT2D eigenvalue weighted by Gasteiger charge is -2.44. The minimum absolute atomic E-state index is 0.0123. The zero-order chi connectivity index (χ0) is 17.4. The SMILES string of the molecule is C[C@@]1(C(=O)NCc2ccccc2)Cc2ccccc2C(=O)N1C1CC1. The minimum atomic E-state index is -0.832. The van der Waals surface area contributed by atoms with E-state index in [1.165, 1.54) is 0 Å². The van der Waals surface area contributed by atoms with Crippen LogP contribution >= 0.6 is 0 Å². The fourth-order valence-corrected chi connectivity index (χ4v) is 3.75. The van der Waals surface area contributed by atoms with Crippen LogP contribution in [0.2, 0.25) is 0 Å². The van der Waals surface area contributed by atoms with Crippen LogP contribution in [-0.4, -0.2) is 28.3 Å². The second-order valence-corrected chi connectivity index (χ2v) is 7.18. The average Bonchev–Trinajstić information content (AvgIpc) is 3.45. The standard InChI is InChI=1S/C21H22N2O2/c1-21(20(25)22-14-15-7-3-2-4-8-15)13-16-9-5-6-10-18(16)19(24)23(21)17-11-12-17/h2-10,17H,11-14H2,1H3,(H,22,25)/t21-/m0/s1. The third kappa shape index (κ3) is 2.82. The number of amides is 2. The van der Waals surface area contributed by atoms with Gasteiger partial charge in [0.1, 0.15) is 5.54 Å². The summed E-state index contributed by atoms with van der Waals surface area (Å²) in [6.45, 7) is 2.38. The number of nitrogens with one attached hydrogen (secondary N) is 1. The Labute approximate surface area is 147 Å². The monoisotopic (exact) mass is 334 g/mol. The Morgan fingerprint density at radius 2 is 1.80 bits per heavy atom. The molecule has 0 unspecified atom stereocenters. The fourth-order valence-electron chi connectivity index (χ4n) is 3.75. The largest absolute Gasteiger partial charge is 0.350 e. The Morgan fingerprint density at radius 3 is 2.52 bits per heavy atom. The molecule has 0 bridgehead atoms. The van der Waals surface area contributed by atoms with E-state index in [9.17, 15) is 9.59 Å². The lowest BCUT2D eigenvalue weighted by atomic mass is 9.82. The molecule has 0 spiro atoms. The van der Waals surface area contributed by atoms with Crippen LogP contribution in [0.4, 0.5) is 0 Å². The number of nitrogens with zero attached hydrogens (tertiary/aromatic N) is 1. The summed E-state index contributed by atoms with van der Waals surface area (Å²) in [7, 11) is 0. The molecule has 1 atom stereocenters. The first-order valence-corrected chi connectivity index (χ1v) is 8.83. The van der Waals surface area contributed by atoms with Crippen LogP contribution in [0.25, 0.3) is 0 Å². The number of hydrogen-bond acceptors (Lipinski definition) is 2. The molecule has 2 amide bonds. The van der Waals surface area contributed by atoms with Gasteiger partial charge < -0.3 is 10.2 Å². The van der Waals surface area contributed by atoms with Gasteiger partial charge in [0.15, 0.2) is 0 Å². The summed E-state index contributed by atoms with van der Waals surface area (Å²) in [5.41, 5.74) is 1.92. The summed E-state index contributed by atoms with van der Waals surface area (Å²) >= 11 is 0. The molecule has 1 N–H and O–H groups in total. The van der Waals surface area contributed by atoms with Crippen molar-refractivity contribution < 1.29 is 9.59 Å². The molecule has 2 aliphatic rings. The minimum Gasteiger partial charge on any atom is -0.350 e. The van der Waals surface area contributed by atoms with Crippen molar-refractivity contribution >= 4 is 11.8 Å². The highest BCUT2D eigenvalue weighted by Gasteiger charge is 2.51. The third-order valence-corrected chi connectivity index (χ3v) is 5.23. The van der Waals surface area contributed by atoms with Crippen molar-refractivity contribution in [3.63, 3.8) is 0 Å². The molecule has 0 radical (unpaired) electrons. The summed E-state index contributed by atoms with van der Waals surface area (Å²) in [5, 5.41) is 3.04. The first kappa shape index (κ1) is 15.9. The lowest BCUT2D eigenvalue weighted by molar-refractivity contribution is -0.132. The Kier molecular flexibility index (Phi) is 3.83. The van der Waals surface area contributed by atoms with E-state index >= 15 is 0 Å². The van der Waals surface area contributed by atoms with Crippen LogP contribution in [0.1, 0.15) is 41.3 Å². The molecule has 128 valence electrons. The van der Waals surface area contributed by atoms with Crippen LogP contribution in [0, 0.1) is 0 Å². The summed E-state index contributed by atoms with van der Waals surface area (Å²) in [6.07, 6.45) is 2.52. The van der Waals surface area contributed by atoms with Crippen LogP contribution in [0.5, 0.6) is 0 Å². The molecule has 0 saturated heterocycles. The quantitative estimate of drug-likeness (QED) is 0.935. The van der Waals surface area contributed by atoms with E-state index in [0.29, 0.717) is 13.0 Å². The summed E-state index contributed by atoms with van der Waals surface area (Å²) in [4.78, 5) is 28.0. The van der Waals surface area contributed by atoms with Crippen molar-refractivity contribution in [1.29, 1.82) is 0 Å². The van der Waals surface area contributed by atoms with Crippen LogP contribution in [0.15, 0.2) is 54.6 Å². The molecule has 4 rings (SSSR count). The first-order valence-electron chi connectivity index (χ1n) is 8.83. The van der Waals surface area contributed by atoms with E-state index in [-0.39, 0.29) is 17.9 Å². The van der Waals surface area contributed by atoms with Crippen molar-refractivity contribution in [2.24, 2.45) is 0 Å². The predicted octanol–water partition coefficient (Wildman–Crippen LogP) is 2.92. The van der Waals surface area contributed by atoms with Gasteiger partial charge in [-0.2, -0.15) is 0 Å². The number of benzene rings is 2. The van der Waals surface area contributed by atoms with E-state index in [0.717, 1.165) is 29.5 Å². The fraction of sp³-hybridized carbons (Fsp3) is 0.333. The van der Waals surface area contributed by atoms with Gasteiger partial charge in [0.25, 0.3) is 5.91 Å². The van der Waals surface area contributed by atoms with Gasteiger partial charge in [-0.15, -0.1) is 0 Å². The van der Waals surface area contributed by atoms with Crippen molar-refractivity contribution in [2.75, 3.05) is 0 Å². The second kappa shape index (κ2) is 6.03. The lowest BCUT2D eigenvalue weighted by Crippen LogP contribution is -2.63. The highest BCUT2D eigenvalue weighted by atomic mass is 16.2. The van der Waals surface area contributed by atoms with Gasteiger partial charge in [-0.3, -0.25) is 9.59 Å². The maximum absolute atomic E-state index is 13.1. The van der Waals surface area contributed by atoms with Gasteiger partial charge in [-0.05, 0) is 37.0 Å². The first-order chi connectivity index (χ1) is 12.1. The van der Waals surface area contributed by atoms with Crippen molar-refractivity contribution in [1.82, 2.24) is 10.2 Å². The highest BCUT2D eigenvalue weighted by Crippen LogP contribution is 2.40. The second-order valence-electron chi connectivity index (χ2n) is 7.18. The van der Waals surface area contributed by atoms with Crippen LogP contribution < -0.4 is 5.32 Å². The van der Waals surface area contributed by atoms with E-state index in [4.69, 9.17) is 0 Å². The van der Waals surface area contributed by atoms with Crippen molar-refractivity contribution in [3.8, 4) is 0 Å². The zero-order valence-corrected chi connectivity index (χ0v) is 14.4. The van der Waals surface area contributed by atoms with Crippen LogP contribution in [-0.2, 0) is 17.8 Å². The summed E-state index contributed by atoms with van der Waals surface area (Å²) < 4.78 is 0. The molecule has 1 fully saturated rings. The van der Waals surface area contributed by atoms with E-state index < -0.39 is 5.54 Å². The van der Waals surface area contributed by atoms with Gasteiger partial charge in [0.05, 0.1) is 0 Å². The van der Waals surface area contributed by atoms with Crippen LogP contribution in [0.3, 0.4) is 0 Å². The molecule has 1 aliphatic heterocycles. The van der Waals surface area contributed by atoms with Crippen molar-refractivity contribution in [3.05, 3.63) is 71.3 Å². The Bertz CT molecular complexity index is 814. The summed E-state index contributed by atoms with van der Waals surface area (Å²) in [6, 6.07) is 17.7. The molecular weight excluding hydrogens is 312 g/mol. The van der Waals surface area contributed by atoms with Gasteiger partial charge in [-0.1, -0.05) is 48.5 Å². The van der Waals surface area contributed by atoms with Gasteiger partial charge in [0.2, 0.25) is 5.91 Å². The Balaban J connectivity index is 1.61. The smallest absolute Gasteiger partial charge is 0.255 e. The molecule has 0 aromatic heterocycles. The maximum Gasteiger partial charge on any atom is 0.255 e. The topological polar surface area (TPSA) is 49.4 Å². The molecule has 25 heavy (non-hydrogen) atoms. The van der Waals surface area contributed by atoms with Gasteiger partial charge in [0, 0.05) is 24.6 Å². The molecule has 1 heterocycles. The third-order valence-electron chi connectivity index (χ3n) is 5.23. The van der Waals surface area contributed by atoms with E-state index in [2.05, 4.69) is 5.32 Å². The molecule has 4 heteroatoms. The molecule has 4 nitrogen and oxygen atoms in total. The number of hydrogen-bond donors (Lipinski definition) is 1. The molecule has 1 saturated carbocycles. The van der Waals surface area contributed by atoms with E-state index in [1.54, 1.807) is 0 Å². The van der Waals surface area contributed by atoms with Gasteiger partial charge in [-0.25, -0.2) is 0 Å². The molecule has 1 aliphatic carbocycles. The normalized spacial score (nSPS) is 22.4. The number of carbonyl (C=O) groups is 2. The highest BCUT2D eigenvalue weighted by molar-refractivity contribution is 6.02. The number of rotatable bonds is 4. The number of carbonyl (C=O) groups excluding carboxylic acids is 2. The van der Waals surface area contributed by atoms with Gasteiger partial charge >= 0.3 is 0 Å². The molecule has 2 aromatic carbocycles. The number of fused-ring (bicyclic) bond motifs is 1. The maximum atomic E-state index is 13.1. The predicted molar refractivity (Wildman–Crippen MR) is 96.0 cm³/mol. The van der Waals surface area contributed by atoms with Crippen molar-refractivity contribution in [2.45, 2.75) is 44.3 Å². The Morgan fingerprint density at radius 1 is 1.12 bits per heavy atom. The Hall–Kier alpha value is -2.62. The average molecular weight is 334 g/mol.